The molecule has 4 aromatic rings. The summed E-state index contributed by atoms with van der Waals surface area (Å²) < 4.78 is 31.8. The number of carbonyl (C=O) groups is 1. The maximum absolute atomic E-state index is 15.5. The molecular formula is C37H46FN7O4. The van der Waals surface area contributed by atoms with E-state index in [2.05, 4.69) is 28.7 Å². The van der Waals surface area contributed by atoms with Crippen LogP contribution in [-0.4, -0.2) is 81.3 Å². The first kappa shape index (κ1) is 35.5. The van der Waals surface area contributed by atoms with E-state index in [9.17, 15) is 4.79 Å². The summed E-state index contributed by atoms with van der Waals surface area (Å²) in [4.78, 5) is 37.0. The number of hydrogen-bond donors (Lipinski definition) is 0. The Morgan fingerprint density at radius 2 is 1.55 bits per heavy atom. The van der Waals surface area contributed by atoms with Gasteiger partial charge in [0.15, 0.2) is 5.82 Å². The van der Waals surface area contributed by atoms with Gasteiger partial charge in [-0.1, -0.05) is 24.3 Å². The van der Waals surface area contributed by atoms with Gasteiger partial charge in [0.2, 0.25) is 11.9 Å². The standard InChI is InChI=1S/C37H46FN7O4/c1-24-21-43(36(46)49-37(4,5)6)17-18-45(24)25(2)29-19-32(33(38)39-20-29)34-40-26(3)41-35(42-34)44(22-27-9-13-30(47-7)14-10-27)23-28-11-15-31(48-8)16-12-28/h9-16,19-20,24-25H,17-18,21-23H2,1-8H3/t24?,25-/m1/s1. The van der Waals surface area contributed by atoms with Gasteiger partial charge in [-0.25, -0.2) is 14.8 Å². The zero-order valence-corrected chi connectivity index (χ0v) is 29.6. The maximum atomic E-state index is 15.5. The molecular weight excluding hydrogens is 625 g/mol. The number of halogens is 1. The predicted molar refractivity (Wildman–Crippen MR) is 186 cm³/mol. The molecule has 49 heavy (non-hydrogen) atoms. The van der Waals surface area contributed by atoms with Crippen molar-refractivity contribution in [3.05, 3.63) is 89.3 Å². The Hall–Kier alpha value is -4.84. The Kier molecular flexibility index (Phi) is 11.0. The predicted octanol–water partition coefficient (Wildman–Crippen LogP) is 6.61. The summed E-state index contributed by atoms with van der Waals surface area (Å²) >= 11 is 0. The smallest absolute Gasteiger partial charge is 0.410 e. The van der Waals surface area contributed by atoms with E-state index in [4.69, 9.17) is 24.2 Å². The number of hydrogen-bond acceptors (Lipinski definition) is 10. The molecule has 0 saturated carbocycles. The molecule has 1 aliphatic heterocycles. The quantitative estimate of drug-likeness (QED) is 0.171. The first-order valence-corrected chi connectivity index (χ1v) is 16.5. The lowest BCUT2D eigenvalue weighted by atomic mass is 10.0. The van der Waals surface area contributed by atoms with Gasteiger partial charge in [0.1, 0.15) is 22.9 Å². The molecule has 2 aromatic heterocycles. The van der Waals surface area contributed by atoms with E-state index in [1.165, 1.54) is 0 Å². The van der Waals surface area contributed by atoms with Gasteiger partial charge in [0.25, 0.3) is 0 Å². The lowest BCUT2D eigenvalue weighted by Gasteiger charge is -2.43. The molecule has 1 fully saturated rings. The van der Waals surface area contributed by atoms with Crippen molar-refractivity contribution in [2.45, 2.75) is 72.3 Å². The normalized spacial score (nSPS) is 15.9. The van der Waals surface area contributed by atoms with Crippen molar-refractivity contribution >= 4 is 12.0 Å². The van der Waals surface area contributed by atoms with Crippen LogP contribution in [0, 0.1) is 12.9 Å². The van der Waals surface area contributed by atoms with E-state index in [0.29, 0.717) is 44.5 Å². The third-order valence-electron chi connectivity index (χ3n) is 8.49. The van der Waals surface area contributed by atoms with Gasteiger partial charge >= 0.3 is 6.09 Å². The molecule has 1 unspecified atom stereocenters. The average molecular weight is 672 g/mol. The van der Waals surface area contributed by atoms with Crippen molar-refractivity contribution in [3.63, 3.8) is 0 Å². The minimum atomic E-state index is -0.660. The molecule has 5 rings (SSSR count). The molecule has 3 heterocycles. The third kappa shape index (κ3) is 9.00. The lowest BCUT2D eigenvalue weighted by molar-refractivity contribution is -0.000750. The molecule has 12 heteroatoms. The van der Waals surface area contributed by atoms with Crippen LogP contribution >= 0.6 is 0 Å². The van der Waals surface area contributed by atoms with E-state index in [1.807, 2.05) is 74.2 Å². The van der Waals surface area contributed by atoms with E-state index >= 15 is 4.39 Å². The fraction of sp³-hybridized carbons (Fsp3) is 0.432. The zero-order valence-electron chi connectivity index (χ0n) is 29.6. The van der Waals surface area contributed by atoms with Gasteiger partial charge in [-0.05, 0) is 88.6 Å². The molecule has 0 aliphatic carbocycles. The highest BCUT2D eigenvalue weighted by atomic mass is 19.1. The van der Waals surface area contributed by atoms with Crippen LogP contribution in [0.1, 0.15) is 63.2 Å². The monoisotopic (exact) mass is 671 g/mol. The largest absolute Gasteiger partial charge is 0.497 e. The number of ether oxygens (including phenoxy) is 3. The van der Waals surface area contributed by atoms with Crippen LogP contribution < -0.4 is 14.4 Å². The minimum absolute atomic E-state index is 0.0419. The molecule has 1 saturated heterocycles. The average Bonchev–Trinajstić information content (AvgIpc) is 3.07. The fourth-order valence-corrected chi connectivity index (χ4v) is 5.91. The zero-order chi connectivity index (χ0) is 35.3. The van der Waals surface area contributed by atoms with Crippen molar-refractivity contribution in [3.8, 4) is 22.9 Å². The molecule has 11 nitrogen and oxygen atoms in total. The second-order valence-electron chi connectivity index (χ2n) is 13.4. The Morgan fingerprint density at radius 3 is 2.08 bits per heavy atom. The molecule has 2 atom stereocenters. The number of nitrogens with zero attached hydrogens (tertiary/aromatic N) is 7. The van der Waals surface area contributed by atoms with Crippen LogP contribution in [0.3, 0.4) is 0 Å². The summed E-state index contributed by atoms with van der Waals surface area (Å²) in [5.74, 6) is 1.95. The third-order valence-corrected chi connectivity index (χ3v) is 8.49. The summed E-state index contributed by atoms with van der Waals surface area (Å²) in [5, 5.41) is 0. The van der Waals surface area contributed by atoms with Crippen LogP contribution in [0.2, 0.25) is 0 Å². The lowest BCUT2D eigenvalue weighted by Crippen LogP contribution is -2.54. The second-order valence-corrected chi connectivity index (χ2v) is 13.4. The van der Waals surface area contributed by atoms with Crippen LogP contribution in [0.15, 0.2) is 60.8 Å². The molecule has 1 aliphatic rings. The SMILES string of the molecule is COc1ccc(CN(Cc2ccc(OC)cc2)c2nc(C)nc(-c3cc([C@@H](C)N4CCN(C(=O)OC(C)(C)C)CC4C)cnc3F)n2)cc1. The summed E-state index contributed by atoms with van der Waals surface area (Å²) in [6.07, 6.45) is 1.25. The van der Waals surface area contributed by atoms with Crippen molar-refractivity contribution in [1.29, 1.82) is 0 Å². The van der Waals surface area contributed by atoms with Gasteiger partial charge in [0.05, 0.1) is 19.8 Å². The van der Waals surface area contributed by atoms with Crippen LogP contribution in [0.5, 0.6) is 11.5 Å². The highest BCUT2D eigenvalue weighted by Crippen LogP contribution is 2.30. The Morgan fingerprint density at radius 1 is 0.959 bits per heavy atom. The highest BCUT2D eigenvalue weighted by Gasteiger charge is 2.33. The van der Waals surface area contributed by atoms with E-state index < -0.39 is 11.5 Å². The first-order valence-electron chi connectivity index (χ1n) is 16.5. The van der Waals surface area contributed by atoms with Gasteiger partial charge in [-0.15, -0.1) is 0 Å². The first-order chi connectivity index (χ1) is 23.3. The Balaban J connectivity index is 1.42. The second kappa shape index (κ2) is 15.1. The molecule has 0 radical (unpaired) electrons. The number of aryl methyl sites for hydroxylation is 1. The van der Waals surface area contributed by atoms with Gasteiger partial charge in [-0.2, -0.15) is 14.4 Å². The van der Waals surface area contributed by atoms with Gasteiger partial charge < -0.3 is 24.0 Å². The van der Waals surface area contributed by atoms with Crippen molar-refractivity contribution in [2.75, 3.05) is 38.8 Å². The molecule has 2 aromatic carbocycles. The minimum Gasteiger partial charge on any atom is -0.497 e. The van der Waals surface area contributed by atoms with Crippen LogP contribution in [0.4, 0.5) is 15.1 Å². The Bertz CT molecular complexity index is 1680. The number of carbonyl (C=O) groups excluding carboxylic acids is 1. The fourth-order valence-electron chi connectivity index (χ4n) is 5.91. The topological polar surface area (TPSA) is 106 Å². The maximum Gasteiger partial charge on any atom is 0.410 e. The number of piperazine rings is 1. The summed E-state index contributed by atoms with van der Waals surface area (Å²) in [7, 11) is 3.27. The van der Waals surface area contributed by atoms with Crippen molar-refractivity contribution in [1.82, 2.24) is 29.7 Å². The molecule has 260 valence electrons. The number of methoxy groups -OCH3 is 2. The van der Waals surface area contributed by atoms with E-state index in [0.717, 1.165) is 28.2 Å². The van der Waals surface area contributed by atoms with E-state index in [-0.39, 0.29) is 29.6 Å². The van der Waals surface area contributed by atoms with Gasteiger partial charge in [-0.3, -0.25) is 4.90 Å². The highest BCUT2D eigenvalue weighted by molar-refractivity contribution is 5.68. The molecule has 0 spiro atoms. The van der Waals surface area contributed by atoms with Crippen LogP contribution in [-0.2, 0) is 17.8 Å². The number of benzene rings is 2. The summed E-state index contributed by atoms with van der Waals surface area (Å²) in [6.45, 7) is 14.2. The number of amides is 1. The Labute approximate surface area is 288 Å². The number of aromatic nitrogens is 4. The molecule has 1 amide bonds. The summed E-state index contributed by atoms with van der Waals surface area (Å²) in [6, 6.07) is 17.4. The molecule has 0 N–H and O–H groups in total. The van der Waals surface area contributed by atoms with E-state index in [1.54, 1.807) is 38.3 Å². The van der Waals surface area contributed by atoms with Crippen molar-refractivity contribution in [2.24, 2.45) is 0 Å². The number of anilines is 1. The van der Waals surface area contributed by atoms with Crippen LogP contribution in [0.25, 0.3) is 11.4 Å². The van der Waals surface area contributed by atoms with Gasteiger partial charge in [0, 0.05) is 51.0 Å². The number of pyridine rings is 1. The number of rotatable bonds is 10. The molecule has 0 bridgehead atoms. The summed E-state index contributed by atoms with van der Waals surface area (Å²) in [5.41, 5.74) is 2.51. The van der Waals surface area contributed by atoms with Crippen molar-refractivity contribution < 1.29 is 23.4 Å².